The predicted molar refractivity (Wildman–Crippen MR) is 141 cm³/mol. The van der Waals surface area contributed by atoms with Crippen molar-refractivity contribution in [3.8, 4) is 11.3 Å². The highest BCUT2D eigenvalue weighted by Crippen LogP contribution is 2.44. The predicted octanol–water partition coefficient (Wildman–Crippen LogP) is 4.55. The van der Waals surface area contributed by atoms with Crippen LogP contribution in [0.25, 0.3) is 22.2 Å². The van der Waals surface area contributed by atoms with Crippen LogP contribution in [0.2, 0.25) is 0 Å². The number of carbonyl (C=O) groups excluding carboxylic acids is 2. The summed E-state index contributed by atoms with van der Waals surface area (Å²) >= 11 is 0. The number of rotatable bonds is 8. The second kappa shape index (κ2) is 11.5. The van der Waals surface area contributed by atoms with Crippen LogP contribution in [-0.4, -0.2) is 48.5 Å². The zero-order chi connectivity index (χ0) is 23.4. The van der Waals surface area contributed by atoms with Crippen molar-refractivity contribution in [2.24, 2.45) is 5.73 Å². The van der Waals surface area contributed by atoms with Gasteiger partial charge in [-0.1, -0.05) is 55.7 Å². The van der Waals surface area contributed by atoms with Gasteiger partial charge < -0.3 is 20.5 Å². The van der Waals surface area contributed by atoms with Gasteiger partial charge in [-0.15, -0.1) is 12.4 Å². The van der Waals surface area contributed by atoms with E-state index in [0.717, 1.165) is 41.5 Å². The zero-order valence-corrected chi connectivity index (χ0v) is 20.9. The fourth-order valence-electron chi connectivity index (χ4n) is 5.07. The lowest BCUT2D eigenvalue weighted by Crippen LogP contribution is -2.35. The Hall–Kier alpha value is -2.83. The summed E-state index contributed by atoms with van der Waals surface area (Å²) in [6, 6.07) is 16.0. The van der Waals surface area contributed by atoms with Crippen LogP contribution in [0.4, 0.5) is 0 Å². The van der Waals surface area contributed by atoms with Gasteiger partial charge in [-0.2, -0.15) is 0 Å². The highest BCUT2D eigenvalue weighted by atomic mass is 35.5. The van der Waals surface area contributed by atoms with E-state index in [1.54, 1.807) is 4.90 Å². The molecule has 2 aromatic carbocycles. The lowest BCUT2D eigenvalue weighted by Gasteiger charge is -2.24. The Labute approximate surface area is 207 Å². The number of nitrogens with zero attached hydrogens (tertiary/aromatic N) is 2. The number of amides is 2. The van der Waals surface area contributed by atoms with Crippen LogP contribution in [0.3, 0.4) is 0 Å². The van der Waals surface area contributed by atoms with Crippen LogP contribution in [-0.2, 0) is 11.3 Å². The molecule has 0 radical (unpaired) electrons. The molecule has 0 spiro atoms. The minimum Gasteiger partial charge on any atom is -0.366 e. The Balaban J connectivity index is 0.00000324. The molecule has 182 valence electrons. The normalized spacial score (nSPS) is 14.1. The van der Waals surface area contributed by atoms with Crippen LogP contribution in [0, 0.1) is 0 Å². The molecule has 0 saturated heterocycles. The SMILES string of the molecule is CNCCN(C)C(=O)Cn1c(-c2ccccc2)c(C2CCCCC2)c2ccc(C(N)=O)cc21.Cl. The van der Waals surface area contributed by atoms with Crippen LogP contribution >= 0.6 is 12.4 Å². The van der Waals surface area contributed by atoms with Crippen LogP contribution < -0.4 is 11.1 Å². The lowest BCUT2D eigenvalue weighted by atomic mass is 9.82. The standard InChI is InChI=1S/C27H34N4O2.ClH/c1-29-15-16-30(2)24(32)18-31-23-17-21(27(28)33)13-14-22(23)25(19-9-5-3-6-10-19)26(31)20-11-7-4-8-12-20;/h4,7-8,11-14,17,19,29H,3,5-6,9-10,15-16,18H2,1-2H3,(H2,28,33);1H. The summed E-state index contributed by atoms with van der Waals surface area (Å²) in [6.45, 7) is 1.59. The van der Waals surface area contributed by atoms with Crippen LogP contribution in [0.15, 0.2) is 48.5 Å². The Morgan fingerprint density at radius 2 is 1.79 bits per heavy atom. The number of nitrogens with two attached hydrogens (primary N) is 1. The maximum Gasteiger partial charge on any atom is 0.248 e. The van der Waals surface area contributed by atoms with Gasteiger partial charge in [0.25, 0.3) is 0 Å². The van der Waals surface area contributed by atoms with E-state index in [4.69, 9.17) is 5.73 Å². The van der Waals surface area contributed by atoms with Gasteiger partial charge in [0.2, 0.25) is 11.8 Å². The molecule has 1 fully saturated rings. The molecule has 1 aliphatic carbocycles. The van der Waals surface area contributed by atoms with Gasteiger partial charge >= 0.3 is 0 Å². The van der Waals surface area contributed by atoms with Gasteiger partial charge in [0.1, 0.15) is 6.54 Å². The fraction of sp³-hybridized carbons (Fsp3) is 0.407. The minimum absolute atomic E-state index is 0. The van der Waals surface area contributed by atoms with Gasteiger partial charge in [-0.3, -0.25) is 9.59 Å². The largest absolute Gasteiger partial charge is 0.366 e. The number of fused-ring (bicyclic) bond motifs is 1. The van der Waals surface area contributed by atoms with E-state index in [1.165, 1.54) is 24.8 Å². The van der Waals surface area contributed by atoms with Crippen LogP contribution in [0.1, 0.15) is 53.9 Å². The number of hydrogen-bond donors (Lipinski definition) is 2. The maximum atomic E-state index is 13.2. The van der Waals surface area contributed by atoms with Gasteiger partial charge in [0.05, 0.1) is 11.2 Å². The highest BCUT2D eigenvalue weighted by molar-refractivity contribution is 6.00. The summed E-state index contributed by atoms with van der Waals surface area (Å²) in [4.78, 5) is 27.0. The number of halogens is 1. The Bertz CT molecular complexity index is 1140. The minimum atomic E-state index is -0.456. The van der Waals surface area contributed by atoms with Crippen molar-refractivity contribution in [3.05, 3.63) is 59.7 Å². The van der Waals surface area contributed by atoms with Crippen molar-refractivity contribution < 1.29 is 9.59 Å². The first-order chi connectivity index (χ1) is 16.0. The molecule has 0 unspecified atom stereocenters. The second-order valence-electron chi connectivity index (χ2n) is 9.06. The molecule has 0 bridgehead atoms. The van der Waals surface area contributed by atoms with E-state index in [-0.39, 0.29) is 24.9 Å². The average Bonchev–Trinajstić information content (AvgIpc) is 3.16. The van der Waals surface area contributed by atoms with E-state index in [0.29, 0.717) is 18.0 Å². The number of aromatic nitrogens is 1. The van der Waals surface area contributed by atoms with Crippen molar-refractivity contribution in [1.29, 1.82) is 0 Å². The summed E-state index contributed by atoms with van der Waals surface area (Å²) < 4.78 is 2.11. The first-order valence-electron chi connectivity index (χ1n) is 11.9. The Morgan fingerprint density at radius 1 is 1.09 bits per heavy atom. The van der Waals surface area contributed by atoms with E-state index in [9.17, 15) is 9.59 Å². The molecular formula is C27H35ClN4O2. The van der Waals surface area contributed by atoms with Gasteiger partial charge in [0, 0.05) is 31.1 Å². The molecule has 1 heterocycles. The molecule has 4 rings (SSSR count). The molecule has 1 aromatic heterocycles. The summed E-state index contributed by atoms with van der Waals surface area (Å²) in [5, 5.41) is 4.22. The van der Waals surface area contributed by atoms with E-state index in [1.807, 2.05) is 50.5 Å². The number of likely N-dealkylation sites (N-methyl/N-ethyl adjacent to an activating group) is 2. The summed E-state index contributed by atoms with van der Waals surface area (Å²) in [7, 11) is 3.72. The van der Waals surface area contributed by atoms with Crippen molar-refractivity contribution >= 4 is 35.1 Å². The van der Waals surface area contributed by atoms with Crippen molar-refractivity contribution in [3.63, 3.8) is 0 Å². The quantitative estimate of drug-likeness (QED) is 0.494. The smallest absolute Gasteiger partial charge is 0.248 e. The Kier molecular flexibility index (Phi) is 8.75. The molecule has 1 saturated carbocycles. The molecule has 3 N–H and O–H groups in total. The number of nitrogens with one attached hydrogen (secondary N) is 1. The molecule has 0 aliphatic heterocycles. The summed E-state index contributed by atoms with van der Waals surface area (Å²) in [5.41, 5.74) is 10.5. The monoisotopic (exact) mass is 482 g/mol. The third-order valence-corrected chi connectivity index (χ3v) is 6.87. The van der Waals surface area contributed by atoms with Gasteiger partial charge in [0.15, 0.2) is 0 Å². The number of benzene rings is 2. The van der Waals surface area contributed by atoms with E-state index >= 15 is 0 Å². The fourth-order valence-corrected chi connectivity index (χ4v) is 5.07. The maximum absolute atomic E-state index is 13.2. The first-order valence-corrected chi connectivity index (χ1v) is 11.9. The van der Waals surface area contributed by atoms with Gasteiger partial charge in [-0.25, -0.2) is 0 Å². The molecule has 2 amide bonds. The molecule has 34 heavy (non-hydrogen) atoms. The lowest BCUT2D eigenvalue weighted by molar-refractivity contribution is -0.130. The molecule has 6 nitrogen and oxygen atoms in total. The molecular weight excluding hydrogens is 448 g/mol. The Morgan fingerprint density at radius 3 is 2.44 bits per heavy atom. The second-order valence-corrected chi connectivity index (χ2v) is 9.06. The summed E-state index contributed by atoms with van der Waals surface area (Å²) in [5.74, 6) is 0.0239. The van der Waals surface area contributed by atoms with E-state index in [2.05, 4.69) is 22.0 Å². The number of primary amides is 1. The zero-order valence-electron chi connectivity index (χ0n) is 20.0. The van der Waals surface area contributed by atoms with Crippen molar-refractivity contribution in [2.45, 2.75) is 44.6 Å². The third kappa shape index (κ3) is 5.29. The number of hydrogen-bond acceptors (Lipinski definition) is 3. The summed E-state index contributed by atoms with van der Waals surface area (Å²) in [6.07, 6.45) is 6.00. The van der Waals surface area contributed by atoms with Crippen molar-refractivity contribution in [1.82, 2.24) is 14.8 Å². The van der Waals surface area contributed by atoms with Gasteiger partial charge in [-0.05, 0) is 49.1 Å². The highest BCUT2D eigenvalue weighted by Gasteiger charge is 2.28. The molecule has 1 aliphatic rings. The van der Waals surface area contributed by atoms with Crippen LogP contribution in [0.5, 0.6) is 0 Å². The van der Waals surface area contributed by atoms with E-state index < -0.39 is 5.91 Å². The number of carbonyl (C=O) groups is 2. The molecule has 3 aromatic rings. The molecule has 7 heteroatoms. The average molecular weight is 483 g/mol. The molecule has 0 atom stereocenters. The van der Waals surface area contributed by atoms with Crippen molar-refractivity contribution in [2.75, 3.05) is 27.2 Å². The first kappa shape index (κ1) is 25.8. The third-order valence-electron chi connectivity index (χ3n) is 6.87. The topological polar surface area (TPSA) is 80.4 Å².